The van der Waals surface area contributed by atoms with E-state index in [1.54, 1.807) is 49.2 Å². The van der Waals surface area contributed by atoms with Crippen molar-refractivity contribution in [1.82, 2.24) is 14.8 Å². The van der Waals surface area contributed by atoms with E-state index in [1.165, 1.54) is 6.33 Å². The summed E-state index contributed by atoms with van der Waals surface area (Å²) >= 11 is 5.95. The summed E-state index contributed by atoms with van der Waals surface area (Å²) in [7, 11) is 3.16. The van der Waals surface area contributed by atoms with E-state index >= 15 is 0 Å². The molecular weight excluding hydrogens is 406 g/mol. The number of carbonyl (C=O) groups excluding carboxylic acids is 1. The third-order valence-electron chi connectivity index (χ3n) is 5.01. The molecule has 154 valence electrons. The lowest BCUT2D eigenvalue weighted by atomic mass is 9.87. The number of aliphatic imine (C=N–C) groups is 1. The molecule has 1 aliphatic rings. The second kappa shape index (κ2) is 8.16. The minimum Gasteiger partial charge on any atom is -0.497 e. The molecule has 0 radical (unpaired) electrons. The van der Waals surface area contributed by atoms with Crippen LogP contribution in [-0.2, 0) is 4.79 Å². The van der Waals surface area contributed by atoms with Gasteiger partial charge in [-0.15, -0.1) is 0 Å². The van der Waals surface area contributed by atoms with Crippen molar-refractivity contribution in [3.8, 4) is 11.5 Å². The number of ether oxygens (including phenoxy) is 2. The second-order valence-electron chi connectivity index (χ2n) is 6.78. The number of hydrogen-bond acceptors (Lipinski definition) is 6. The highest BCUT2D eigenvalue weighted by atomic mass is 35.5. The average molecular weight is 426 g/mol. The van der Waals surface area contributed by atoms with Crippen molar-refractivity contribution in [2.24, 2.45) is 10.9 Å². The number of anilines is 1. The largest absolute Gasteiger partial charge is 0.497 e. The van der Waals surface area contributed by atoms with Crippen LogP contribution in [0.15, 0.2) is 53.8 Å². The van der Waals surface area contributed by atoms with Gasteiger partial charge in [-0.3, -0.25) is 4.79 Å². The predicted molar refractivity (Wildman–Crippen MR) is 114 cm³/mol. The fraction of sp³-hybridized carbons (Fsp3) is 0.238. The molecule has 2 unspecified atom stereocenters. The molecule has 0 bridgehead atoms. The topological polar surface area (TPSA) is 90.6 Å². The van der Waals surface area contributed by atoms with Gasteiger partial charge in [-0.25, -0.2) is 9.67 Å². The maximum atomic E-state index is 13.3. The van der Waals surface area contributed by atoms with Crippen molar-refractivity contribution in [3.05, 3.63) is 59.4 Å². The molecule has 4 rings (SSSR count). The minimum atomic E-state index is -0.628. The molecule has 0 fully saturated rings. The van der Waals surface area contributed by atoms with Crippen molar-refractivity contribution in [2.75, 3.05) is 19.5 Å². The van der Waals surface area contributed by atoms with E-state index in [2.05, 4.69) is 20.4 Å². The van der Waals surface area contributed by atoms with Gasteiger partial charge < -0.3 is 14.8 Å². The first-order valence-electron chi connectivity index (χ1n) is 9.25. The molecule has 2 heterocycles. The lowest BCUT2D eigenvalue weighted by Crippen LogP contribution is -2.39. The zero-order chi connectivity index (χ0) is 21.3. The van der Waals surface area contributed by atoms with Crippen LogP contribution in [0.3, 0.4) is 0 Å². The lowest BCUT2D eigenvalue weighted by Gasteiger charge is -2.31. The number of benzene rings is 2. The monoisotopic (exact) mass is 425 g/mol. The van der Waals surface area contributed by atoms with Crippen molar-refractivity contribution < 1.29 is 14.3 Å². The van der Waals surface area contributed by atoms with Crippen LogP contribution >= 0.6 is 11.6 Å². The van der Waals surface area contributed by atoms with E-state index in [0.717, 1.165) is 5.56 Å². The fourth-order valence-electron chi connectivity index (χ4n) is 3.58. The number of halogens is 1. The zero-order valence-electron chi connectivity index (χ0n) is 16.7. The summed E-state index contributed by atoms with van der Waals surface area (Å²) in [5, 5.41) is 7.87. The fourth-order valence-corrected chi connectivity index (χ4v) is 3.70. The van der Waals surface area contributed by atoms with Gasteiger partial charge in [0.1, 0.15) is 29.8 Å². The van der Waals surface area contributed by atoms with Gasteiger partial charge >= 0.3 is 0 Å². The van der Waals surface area contributed by atoms with Gasteiger partial charge in [0.25, 0.3) is 0 Å². The Labute approximate surface area is 178 Å². The molecule has 0 saturated heterocycles. The normalized spacial score (nSPS) is 17.7. The summed E-state index contributed by atoms with van der Waals surface area (Å²) in [6.07, 6.45) is 1.43. The van der Waals surface area contributed by atoms with Crippen LogP contribution in [0.25, 0.3) is 0 Å². The highest BCUT2D eigenvalue weighted by Crippen LogP contribution is 2.40. The number of rotatable bonds is 5. The molecule has 1 aliphatic heterocycles. The number of hydrogen-bond donors (Lipinski definition) is 1. The molecule has 2 aromatic carbocycles. The Bertz CT molecular complexity index is 1110. The van der Waals surface area contributed by atoms with E-state index in [4.69, 9.17) is 21.1 Å². The Morgan fingerprint density at radius 3 is 2.60 bits per heavy atom. The molecule has 1 amide bonds. The number of nitrogens with one attached hydrogen (secondary N) is 1. The molecule has 30 heavy (non-hydrogen) atoms. The lowest BCUT2D eigenvalue weighted by molar-refractivity contribution is -0.118. The minimum absolute atomic E-state index is 0.220. The van der Waals surface area contributed by atoms with Gasteiger partial charge in [-0.1, -0.05) is 11.6 Å². The van der Waals surface area contributed by atoms with Crippen LogP contribution in [-0.4, -0.2) is 40.6 Å². The Morgan fingerprint density at radius 1 is 1.13 bits per heavy atom. The number of amides is 1. The van der Waals surface area contributed by atoms with E-state index in [-0.39, 0.29) is 5.91 Å². The smallest absolute Gasteiger partial charge is 0.248 e. The number of fused-ring (bicyclic) bond motifs is 1. The first-order chi connectivity index (χ1) is 14.5. The Balaban J connectivity index is 1.78. The third-order valence-corrected chi connectivity index (χ3v) is 5.27. The van der Waals surface area contributed by atoms with E-state index in [0.29, 0.717) is 33.9 Å². The van der Waals surface area contributed by atoms with Gasteiger partial charge in [0.05, 0.1) is 14.2 Å². The highest BCUT2D eigenvalue weighted by Gasteiger charge is 2.40. The Hall–Kier alpha value is -3.39. The van der Waals surface area contributed by atoms with E-state index in [1.807, 2.05) is 19.1 Å². The molecule has 1 aromatic heterocycles. The Kier molecular flexibility index (Phi) is 5.41. The average Bonchev–Trinajstić information content (AvgIpc) is 3.21. The summed E-state index contributed by atoms with van der Waals surface area (Å²) in [4.78, 5) is 22.0. The third kappa shape index (κ3) is 3.61. The van der Waals surface area contributed by atoms with Gasteiger partial charge in [0.2, 0.25) is 11.9 Å². The van der Waals surface area contributed by atoms with Gasteiger partial charge in [0, 0.05) is 28.1 Å². The maximum Gasteiger partial charge on any atom is 0.248 e. The molecule has 1 N–H and O–H groups in total. The number of methoxy groups -OCH3 is 2. The molecule has 3 aromatic rings. The van der Waals surface area contributed by atoms with Crippen molar-refractivity contribution in [2.45, 2.75) is 13.0 Å². The van der Waals surface area contributed by atoms with Gasteiger partial charge in [-0.2, -0.15) is 10.1 Å². The van der Waals surface area contributed by atoms with Crippen LogP contribution in [0.4, 0.5) is 11.6 Å². The zero-order valence-corrected chi connectivity index (χ0v) is 17.4. The van der Waals surface area contributed by atoms with Crippen molar-refractivity contribution >= 4 is 34.9 Å². The number of nitrogens with zero attached hydrogens (tertiary/aromatic N) is 4. The van der Waals surface area contributed by atoms with E-state index in [9.17, 15) is 4.79 Å². The maximum absolute atomic E-state index is 13.3. The summed E-state index contributed by atoms with van der Waals surface area (Å²) in [6, 6.07) is 11.9. The van der Waals surface area contributed by atoms with Crippen molar-refractivity contribution in [3.63, 3.8) is 0 Å². The number of carbonyl (C=O) groups is 1. The molecule has 0 saturated carbocycles. The molecular formula is C21H20ClN5O3. The van der Waals surface area contributed by atoms with Crippen LogP contribution in [0.2, 0.25) is 5.02 Å². The summed E-state index contributed by atoms with van der Waals surface area (Å²) < 4.78 is 12.6. The van der Waals surface area contributed by atoms with Crippen LogP contribution in [0.1, 0.15) is 18.5 Å². The van der Waals surface area contributed by atoms with Crippen LogP contribution < -0.4 is 14.8 Å². The predicted octanol–water partition coefficient (Wildman–Crippen LogP) is 3.90. The molecule has 0 spiro atoms. The summed E-state index contributed by atoms with van der Waals surface area (Å²) in [6.45, 7) is 1.81. The molecule has 9 heteroatoms. The summed E-state index contributed by atoms with van der Waals surface area (Å²) in [5.74, 6) is 0.822. The first kappa shape index (κ1) is 19.9. The van der Waals surface area contributed by atoms with Gasteiger partial charge in [0.15, 0.2) is 0 Å². The van der Waals surface area contributed by atoms with Crippen LogP contribution in [0, 0.1) is 5.92 Å². The van der Waals surface area contributed by atoms with Gasteiger partial charge in [-0.05, 0) is 43.3 Å². The highest BCUT2D eigenvalue weighted by molar-refractivity contribution is 6.30. The molecule has 2 atom stereocenters. The first-order valence-corrected chi connectivity index (χ1v) is 9.62. The molecule has 0 aliphatic carbocycles. The SMILES string of the molecule is COc1ccc(C2C(C(=O)Nc3ccc(Cl)cc3)C(C)=Nc3ncnn32)c(OC)c1. The standard InChI is InChI=1S/C21H20ClN5O3/c1-12-18(20(28)26-14-6-4-13(22)5-7-14)19(27-21(25-12)23-11-24-27)16-9-8-15(29-2)10-17(16)30-3/h4-11,18-19H,1-3H3,(H,26,28). The van der Waals surface area contributed by atoms with E-state index < -0.39 is 12.0 Å². The second-order valence-corrected chi connectivity index (χ2v) is 7.22. The Morgan fingerprint density at radius 2 is 1.90 bits per heavy atom. The van der Waals surface area contributed by atoms with Crippen molar-refractivity contribution in [1.29, 1.82) is 0 Å². The molecule has 8 nitrogen and oxygen atoms in total. The summed E-state index contributed by atoms with van der Waals surface area (Å²) in [5.41, 5.74) is 2.04. The number of aromatic nitrogens is 3. The van der Waals surface area contributed by atoms with Crippen LogP contribution in [0.5, 0.6) is 11.5 Å². The quantitative estimate of drug-likeness (QED) is 0.669.